The van der Waals surface area contributed by atoms with Crippen molar-refractivity contribution in [1.82, 2.24) is 0 Å². The van der Waals surface area contributed by atoms with E-state index in [1.807, 2.05) is 0 Å². The van der Waals surface area contributed by atoms with Crippen LogP contribution in [0, 0.1) is 5.92 Å². The van der Waals surface area contributed by atoms with Crippen LogP contribution in [0.1, 0.15) is 201 Å². The van der Waals surface area contributed by atoms with Gasteiger partial charge in [-0.1, -0.05) is 187 Å². The van der Waals surface area contributed by atoms with Crippen LogP contribution in [-0.4, -0.2) is 12.6 Å². The van der Waals surface area contributed by atoms with E-state index in [1.54, 1.807) is 6.92 Å². The Labute approximate surface area is 240 Å². The molecule has 2 heteroatoms. The number of carbonyl (C=O) groups is 1. The molecular weight excluding hydrogens is 464 g/mol. The highest BCUT2D eigenvalue weighted by Crippen LogP contribution is 2.21. The summed E-state index contributed by atoms with van der Waals surface area (Å²) in [6.45, 7) is 10.6. The maximum atomic E-state index is 11.9. The summed E-state index contributed by atoms with van der Waals surface area (Å²) in [5.41, 5.74) is 0.519. The summed E-state index contributed by atoms with van der Waals surface area (Å²) < 4.78 is 5.55. The smallest absolute Gasteiger partial charge is 0.333 e. The van der Waals surface area contributed by atoms with Crippen molar-refractivity contribution in [3.63, 3.8) is 0 Å². The van der Waals surface area contributed by atoms with Crippen LogP contribution >= 0.6 is 0 Å². The van der Waals surface area contributed by atoms with Gasteiger partial charge in [-0.2, -0.15) is 0 Å². The highest BCUT2D eigenvalue weighted by atomic mass is 16.5. The van der Waals surface area contributed by atoms with Crippen molar-refractivity contribution in [1.29, 1.82) is 0 Å². The molecule has 2 nitrogen and oxygen atoms in total. The van der Waals surface area contributed by atoms with E-state index in [2.05, 4.69) is 20.4 Å². The summed E-state index contributed by atoms with van der Waals surface area (Å²) in [5.74, 6) is 0.310. The Morgan fingerprint density at radius 1 is 0.500 bits per heavy atom. The topological polar surface area (TPSA) is 26.3 Å². The average Bonchev–Trinajstić information content (AvgIpc) is 2.91. The Kier molecular flexibility index (Phi) is 30.1. The van der Waals surface area contributed by atoms with E-state index < -0.39 is 0 Å². The molecule has 0 aromatic carbocycles. The lowest BCUT2D eigenvalue weighted by Crippen LogP contribution is -2.15. The molecule has 0 aliphatic heterocycles. The van der Waals surface area contributed by atoms with Crippen LogP contribution in [0.3, 0.4) is 0 Å². The van der Waals surface area contributed by atoms with Gasteiger partial charge in [-0.3, -0.25) is 0 Å². The van der Waals surface area contributed by atoms with Crippen LogP contribution in [0.15, 0.2) is 12.2 Å². The van der Waals surface area contributed by atoms with E-state index >= 15 is 0 Å². The monoisotopic (exact) mass is 535 g/mol. The van der Waals surface area contributed by atoms with E-state index in [4.69, 9.17) is 4.74 Å². The zero-order valence-corrected chi connectivity index (χ0v) is 26.6. The van der Waals surface area contributed by atoms with Gasteiger partial charge in [-0.25, -0.2) is 4.79 Å². The van der Waals surface area contributed by atoms with Crippen molar-refractivity contribution in [2.45, 2.75) is 201 Å². The fourth-order valence-corrected chi connectivity index (χ4v) is 5.53. The molecule has 0 bridgehead atoms. The van der Waals surface area contributed by atoms with Gasteiger partial charge in [0.25, 0.3) is 0 Å². The lowest BCUT2D eigenvalue weighted by atomic mass is 9.94. The third-order valence-electron chi connectivity index (χ3n) is 8.23. The summed E-state index contributed by atoms with van der Waals surface area (Å²) in [6, 6.07) is 0. The third kappa shape index (κ3) is 28.2. The fourth-order valence-electron chi connectivity index (χ4n) is 5.53. The second-order valence-electron chi connectivity index (χ2n) is 12.3. The van der Waals surface area contributed by atoms with E-state index in [0.29, 0.717) is 18.1 Å². The molecule has 0 aromatic heterocycles. The zero-order valence-electron chi connectivity index (χ0n) is 26.6. The summed E-state index contributed by atoms with van der Waals surface area (Å²) >= 11 is 0. The second-order valence-corrected chi connectivity index (χ2v) is 12.3. The molecule has 0 unspecified atom stereocenters. The molecule has 0 aromatic rings. The minimum absolute atomic E-state index is 0.217. The summed E-state index contributed by atoms with van der Waals surface area (Å²) in [4.78, 5) is 11.9. The van der Waals surface area contributed by atoms with Crippen molar-refractivity contribution in [3.05, 3.63) is 12.2 Å². The first-order valence-electron chi connectivity index (χ1n) is 17.4. The maximum Gasteiger partial charge on any atom is 0.333 e. The minimum Gasteiger partial charge on any atom is -0.462 e. The maximum absolute atomic E-state index is 11.9. The first-order valence-corrected chi connectivity index (χ1v) is 17.4. The number of ether oxygens (including phenoxy) is 1. The fraction of sp³-hybridized carbons (Fsp3) is 0.917. The average molecular weight is 535 g/mol. The molecule has 0 aliphatic carbocycles. The van der Waals surface area contributed by atoms with E-state index in [-0.39, 0.29) is 5.97 Å². The SMILES string of the molecule is C=C(C)C(=O)OCC(CCCCCCCCCCCCCCC)CCCCCCCCCCCCCCC. The molecular formula is C36H70O2. The molecule has 0 rings (SSSR count). The van der Waals surface area contributed by atoms with Gasteiger partial charge in [-0.15, -0.1) is 0 Å². The number of unbranched alkanes of at least 4 members (excludes halogenated alkanes) is 24. The largest absolute Gasteiger partial charge is 0.462 e. The van der Waals surface area contributed by atoms with Gasteiger partial charge in [0.1, 0.15) is 0 Å². The third-order valence-corrected chi connectivity index (χ3v) is 8.23. The molecule has 226 valence electrons. The van der Waals surface area contributed by atoms with Gasteiger partial charge in [0.15, 0.2) is 0 Å². The van der Waals surface area contributed by atoms with Crippen molar-refractivity contribution in [2.75, 3.05) is 6.61 Å². The van der Waals surface area contributed by atoms with Crippen molar-refractivity contribution < 1.29 is 9.53 Å². The van der Waals surface area contributed by atoms with Gasteiger partial charge >= 0.3 is 5.97 Å². The van der Waals surface area contributed by atoms with Crippen LogP contribution in [0.5, 0.6) is 0 Å². The van der Waals surface area contributed by atoms with Crippen LogP contribution in [0.25, 0.3) is 0 Å². The number of hydrogen-bond acceptors (Lipinski definition) is 2. The normalized spacial score (nSPS) is 11.4. The standard InChI is InChI=1S/C36H70O2/c1-5-7-9-11-13-15-17-19-21-23-25-27-29-31-35(33-38-36(37)34(3)4)32-30-28-26-24-22-20-18-16-14-12-10-8-6-2/h35H,3,5-33H2,1-2,4H3. The molecule has 0 atom stereocenters. The van der Waals surface area contributed by atoms with E-state index in [0.717, 1.165) is 0 Å². The Morgan fingerprint density at radius 3 is 1.03 bits per heavy atom. The first kappa shape index (κ1) is 37.2. The molecule has 0 amide bonds. The van der Waals surface area contributed by atoms with Crippen LogP contribution in [0.2, 0.25) is 0 Å². The number of hydrogen-bond donors (Lipinski definition) is 0. The highest BCUT2D eigenvalue weighted by molar-refractivity contribution is 5.86. The zero-order chi connectivity index (χ0) is 27.9. The Balaban J connectivity index is 3.79. The molecule has 0 saturated carbocycles. The van der Waals surface area contributed by atoms with Crippen LogP contribution in [-0.2, 0) is 9.53 Å². The first-order chi connectivity index (χ1) is 18.6. The van der Waals surface area contributed by atoms with Crippen molar-refractivity contribution in [2.24, 2.45) is 5.92 Å². The van der Waals surface area contributed by atoms with Crippen molar-refractivity contribution in [3.8, 4) is 0 Å². The number of esters is 1. The number of carbonyl (C=O) groups excluding carboxylic acids is 1. The second kappa shape index (κ2) is 30.7. The lowest BCUT2D eigenvalue weighted by Gasteiger charge is -2.17. The molecule has 0 heterocycles. The molecule has 0 N–H and O–H groups in total. The quantitative estimate of drug-likeness (QED) is 0.0502. The Morgan fingerprint density at radius 2 is 0.763 bits per heavy atom. The molecule has 0 saturated heterocycles. The van der Waals surface area contributed by atoms with Gasteiger partial charge in [0.2, 0.25) is 0 Å². The predicted octanol–water partition coefficient (Wildman–Crippen LogP) is 12.7. The molecule has 0 aliphatic rings. The van der Waals surface area contributed by atoms with E-state index in [9.17, 15) is 4.79 Å². The number of rotatable bonds is 31. The van der Waals surface area contributed by atoms with Gasteiger partial charge in [0, 0.05) is 5.57 Å². The van der Waals surface area contributed by atoms with Crippen LogP contribution in [0.4, 0.5) is 0 Å². The van der Waals surface area contributed by atoms with E-state index in [1.165, 1.54) is 180 Å². The molecule has 0 fully saturated rings. The molecule has 0 spiro atoms. The van der Waals surface area contributed by atoms with Gasteiger partial charge in [-0.05, 0) is 25.7 Å². The minimum atomic E-state index is -0.217. The summed E-state index contributed by atoms with van der Waals surface area (Å²) in [7, 11) is 0. The molecule has 38 heavy (non-hydrogen) atoms. The van der Waals surface area contributed by atoms with Gasteiger partial charge < -0.3 is 4.74 Å². The summed E-state index contributed by atoms with van der Waals surface area (Å²) in [5, 5.41) is 0. The Bertz CT molecular complexity index is 468. The van der Waals surface area contributed by atoms with Crippen LogP contribution < -0.4 is 0 Å². The Hall–Kier alpha value is -0.790. The molecule has 0 radical (unpaired) electrons. The van der Waals surface area contributed by atoms with Gasteiger partial charge in [0.05, 0.1) is 6.61 Å². The lowest BCUT2D eigenvalue weighted by molar-refractivity contribution is -0.140. The highest BCUT2D eigenvalue weighted by Gasteiger charge is 2.12. The van der Waals surface area contributed by atoms with Crippen molar-refractivity contribution >= 4 is 5.97 Å². The predicted molar refractivity (Wildman–Crippen MR) is 170 cm³/mol. The summed E-state index contributed by atoms with van der Waals surface area (Å²) in [6.07, 6.45) is 38.7.